The van der Waals surface area contributed by atoms with E-state index in [0.29, 0.717) is 12.2 Å². The van der Waals surface area contributed by atoms with Crippen molar-refractivity contribution in [2.75, 3.05) is 11.4 Å². The number of nitrogens with zero attached hydrogens (tertiary/aromatic N) is 1. The van der Waals surface area contributed by atoms with Crippen LogP contribution in [0, 0.1) is 12.8 Å². The van der Waals surface area contributed by atoms with Crippen molar-refractivity contribution in [2.45, 2.75) is 32.7 Å². The number of carboxylic acids is 1. The van der Waals surface area contributed by atoms with Gasteiger partial charge in [-0.05, 0) is 38.8 Å². The average Bonchev–Trinajstić information content (AvgIpc) is 2.39. The molecule has 1 saturated heterocycles. The van der Waals surface area contributed by atoms with Gasteiger partial charge in [0.25, 0.3) is 0 Å². The molecule has 1 aliphatic rings. The molecule has 1 amide bonds. The second-order valence-electron chi connectivity index (χ2n) is 5.50. The van der Waals surface area contributed by atoms with Crippen molar-refractivity contribution in [1.29, 1.82) is 0 Å². The molecule has 1 aliphatic heterocycles. The number of amides is 1. The Morgan fingerprint density at radius 3 is 2.65 bits per heavy atom. The zero-order valence-corrected chi connectivity index (χ0v) is 11.8. The van der Waals surface area contributed by atoms with Crippen LogP contribution in [0.25, 0.3) is 0 Å². The van der Waals surface area contributed by atoms with E-state index in [0.717, 1.165) is 18.4 Å². The van der Waals surface area contributed by atoms with Gasteiger partial charge >= 0.3 is 5.97 Å². The molecule has 1 fully saturated rings. The van der Waals surface area contributed by atoms with Gasteiger partial charge in [-0.2, -0.15) is 0 Å². The van der Waals surface area contributed by atoms with E-state index >= 15 is 0 Å². The van der Waals surface area contributed by atoms with Gasteiger partial charge in [0, 0.05) is 12.6 Å². The Balaban J connectivity index is 2.38. The number of piperidine rings is 1. The van der Waals surface area contributed by atoms with E-state index in [1.165, 1.54) is 0 Å². The third-order valence-electron chi connectivity index (χ3n) is 3.98. The number of anilines is 1. The van der Waals surface area contributed by atoms with Crippen molar-refractivity contribution >= 4 is 17.6 Å². The standard InChI is InChI=1S/C15H20N2O3/c1-9-3-6-13(12(7-9)15(19)20)17-8-11(14(16)18)5-4-10(17)2/h3,6-7,10-11H,4-5,8H2,1-2H3,(H2,16,18)(H,19,20). The highest BCUT2D eigenvalue weighted by Crippen LogP contribution is 2.30. The normalized spacial score (nSPS) is 22.6. The number of hydrogen-bond acceptors (Lipinski definition) is 3. The zero-order chi connectivity index (χ0) is 14.9. The minimum atomic E-state index is -0.947. The molecule has 0 spiro atoms. The summed E-state index contributed by atoms with van der Waals surface area (Å²) in [5, 5.41) is 9.36. The van der Waals surface area contributed by atoms with Crippen molar-refractivity contribution in [3.63, 3.8) is 0 Å². The van der Waals surface area contributed by atoms with Gasteiger partial charge in [0.15, 0.2) is 0 Å². The third kappa shape index (κ3) is 2.76. The van der Waals surface area contributed by atoms with Crippen LogP contribution >= 0.6 is 0 Å². The molecule has 0 aliphatic carbocycles. The molecule has 5 nitrogen and oxygen atoms in total. The summed E-state index contributed by atoms with van der Waals surface area (Å²) in [7, 11) is 0. The van der Waals surface area contributed by atoms with E-state index in [2.05, 4.69) is 0 Å². The molecule has 0 aromatic heterocycles. The van der Waals surface area contributed by atoms with Gasteiger partial charge in [-0.15, -0.1) is 0 Å². The fourth-order valence-corrected chi connectivity index (χ4v) is 2.75. The van der Waals surface area contributed by atoms with Crippen molar-refractivity contribution < 1.29 is 14.7 Å². The summed E-state index contributed by atoms with van der Waals surface area (Å²) in [6.07, 6.45) is 1.60. The predicted molar refractivity (Wildman–Crippen MR) is 76.9 cm³/mol. The largest absolute Gasteiger partial charge is 0.478 e. The molecule has 1 heterocycles. The molecule has 20 heavy (non-hydrogen) atoms. The Labute approximate surface area is 118 Å². The monoisotopic (exact) mass is 276 g/mol. The number of hydrogen-bond donors (Lipinski definition) is 2. The molecule has 1 aromatic carbocycles. The lowest BCUT2D eigenvalue weighted by molar-refractivity contribution is -0.122. The number of nitrogens with two attached hydrogens (primary N) is 1. The van der Waals surface area contributed by atoms with Crippen molar-refractivity contribution in [3.05, 3.63) is 29.3 Å². The van der Waals surface area contributed by atoms with Gasteiger partial charge in [-0.3, -0.25) is 4.79 Å². The summed E-state index contributed by atoms with van der Waals surface area (Å²) in [4.78, 5) is 24.8. The van der Waals surface area contributed by atoms with E-state index in [1.54, 1.807) is 6.07 Å². The molecule has 1 aromatic rings. The first-order valence-electron chi connectivity index (χ1n) is 6.80. The molecule has 108 valence electrons. The lowest BCUT2D eigenvalue weighted by Gasteiger charge is -2.39. The number of aryl methyl sites for hydroxylation is 1. The van der Waals surface area contributed by atoms with E-state index < -0.39 is 5.97 Å². The van der Waals surface area contributed by atoms with Crippen LogP contribution in [-0.2, 0) is 4.79 Å². The van der Waals surface area contributed by atoms with Crippen LogP contribution in [0.2, 0.25) is 0 Å². The first-order valence-corrected chi connectivity index (χ1v) is 6.80. The summed E-state index contributed by atoms with van der Waals surface area (Å²) in [5.41, 5.74) is 7.25. The summed E-state index contributed by atoms with van der Waals surface area (Å²) < 4.78 is 0. The number of carbonyl (C=O) groups excluding carboxylic acids is 1. The van der Waals surface area contributed by atoms with Crippen LogP contribution in [0.3, 0.4) is 0 Å². The summed E-state index contributed by atoms with van der Waals surface area (Å²) in [5.74, 6) is -1.47. The molecular formula is C15H20N2O3. The summed E-state index contributed by atoms with van der Waals surface area (Å²) in [6.45, 7) is 4.39. The molecule has 2 atom stereocenters. The Morgan fingerprint density at radius 2 is 2.05 bits per heavy atom. The van der Waals surface area contributed by atoms with E-state index in [9.17, 15) is 14.7 Å². The zero-order valence-electron chi connectivity index (χ0n) is 11.8. The maximum atomic E-state index is 11.4. The quantitative estimate of drug-likeness (QED) is 0.881. The van der Waals surface area contributed by atoms with Crippen molar-refractivity contribution in [3.8, 4) is 0 Å². The lowest BCUT2D eigenvalue weighted by Crippen LogP contribution is -2.46. The molecule has 2 rings (SSSR count). The summed E-state index contributed by atoms with van der Waals surface area (Å²) >= 11 is 0. The number of primary amides is 1. The van der Waals surface area contributed by atoms with Crippen LogP contribution in [0.4, 0.5) is 5.69 Å². The van der Waals surface area contributed by atoms with E-state index in [1.807, 2.05) is 30.9 Å². The second kappa shape index (κ2) is 5.53. The SMILES string of the molecule is Cc1ccc(N2CC(C(N)=O)CCC2C)c(C(=O)O)c1. The highest BCUT2D eigenvalue weighted by molar-refractivity contribution is 5.95. The van der Waals surface area contributed by atoms with Crippen LogP contribution in [-0.4, -0.2) is 29.6 Å². The highest BCUT2D eigenvalue weighted by atomic mass is 16.4. The molecule has 0 saturated carbocycles. The fraction of sp³-hybridized carbons (Fsp3) is 0.467. The van der Waals surface area contributed by atoms with Gasteiger partial charge in [0.05, 0.1) is 17.2 Å². The Bertz CT molecular complexity index is 542. The van der Waals surface area contributed by atoms with Crippen LogP contribution in [0.15, 0.2) is 18.2 Å². The Morgan fingerprint density at radius 1 is 1.35 bits per heavy atom. The topological polar surface area (TPSA) is 83.6 Å². The van der Waals surface area contributed by atoms with Crippen LogP contribution in [0.1, 0.15) is 35.7 Å². The molecule has 0 bridgehead atoms. The average molecular weight is 276 g/mol. The molecular weight excluding hydrogens is 256 g/mol. The van der Waals surface area contributed by atoms with Crippen molar-refractivity contribution in [1.82, 2.24) is 0 Å². The smallest absolute Gasteiger partial charge is 0.337 e. The van der Waals surface area contributed by atoms with E-state index in [4.69, 9.17) is 5.73 Å². The number of carbonyl (C=O) groups is 2. The van der Waals surface area contributed by atoms with E-state index in [-0.39, 0.29) is 23.4 Å². The minimum absolute atomic E-state index is 0.200. The van der Waals surface area contributed by atoms with Gasteiger partial charge < -0.3 is 15.7 Å². The molecule has 2 unspecified atom stereocenters. The van der Waals surface area contributed by atoms with Crippen LogP contribution < -0.4 is 10.6 Å². The van der Waals surface area contributed by atoms with Gasteiger partial charge in [0.1, 0.15) is 0 Å². The lowest BCUT2D eigenvalue weighted by atomic mass is 9.91. The molecule has 0 radical (unpaired) electrons. The highest BCUT2D eigenvalue weighted by Gasteiger charge is 2.30. The maximum Gasteiger partial charge on any atom is 0.337 e. The number of rotatable bonds is 3. The third-order valence-corrected chi connectivity index (χ3v) is 3.98. The second-order valence-corrected chi connectivity index (χ2v) is 5.50. The summed E-state index contributed by atoms with van der Waals surface area (Å²) in [6, 6.07) is 5.57. The minimum Gasteiger partial charge on any atom is -0.478 e. The first kappa shape index (κ1) is 14.4. The number of aromatic carboxylic acids is 1. The Hall–Kier alpha value is -2.04. The Kier molecular flexibility index (Phi) is 3.97. The molecule has 3 N–H and O–H groups in total. The van der Waals surface area contributed by atoms with Gasteiger partial charge in [0.2, 0.25) is 5.91 Å². The number of benzene rings is 1. The predicted octanol–water partition coefficient (Wildman–Crippen LogP) is 1.78. The number of carboxylic acid groups (broad SMARTS) is 1. The fourth-order valence-electron chi connectivity index (χ4n) is 2.75. The maximum absolute atomic E-state index is 11.4. The van der Waals surface area contributed by atoms with Gasteiger partial charge in [-0.1, -0.05) is 11.6 Å². The van der Waals surface area contributed by atoms with Crippen molar-refractivity contribution in [2.24, 2.45) is 11.7 Å². The molecule has 5 heteroatoms. The van der Waals surface area contributed by atoms with Gasteiger partial charge in [-0.25, -0.2) is 4.79 Å². The van der Waals surface area contributed by atoms with Crippen LogP contribution in [0.5, 0.6) is 0 Å². The first-order chi connectivity index (χ1) is 9.40.